The van der Waals surface area contributed by atoms with E-state index in [9.17, 15) is 24.4 Å². The number of carbonyl (C=O) groups is 4. The van der Waals surface area contributed by atoms with Crippen LogP contribution in [0.4, 0.5) is 0 Å². The SMILES string of the molecule is CC(=O)OC[C@H]1O[C@@H](C(C#N)CC#N)[C@H](OC(C)=O)[C@@H](OC(C)=O)[C@@H]1OC(C)=O. The quantitative estimate of drug-likeness (QED) is 0.415. The molecule has 0 bridgehead atoms. The van der Waals surface area contributed by atoms with Gasteiger partial charge < -0.3 is 23.7 Å². The Hall–Kier alpha value is -3.18. The summed E-state index contributed by atoms with van der Waals surface area (Å²) in [5, 5.41) is 18.4. The summed E-state index contributed by atoms with van der Waals surface area (Å²) in [5.74, 6) is -4.01. The second-order valence-electron chi connectivity index (χ2n) is 6.26. The summed E-state index contributed by atoms with van der Waals surface area (Å²) in [5.41, 5.74) is 0. The van der Waals surface area contributed by atoms with Crippen molar-refractivity contribution in [1.82, 2.24) is 0 Å². The Morgan fingerprint density at radius 1 is 0.862 bits per heavy atom. The van der Waals surface area contributed by atoms with Gasteiger partial charge in [-0.15, -0.1) is 0 Å². The molecule has 1 rings (SSSR count). The third-order valence-corrected chi connectivity index (χ3v) is 3.90. The second-order valence-corrected chi connectivity index (χ2v) is 6.26. The normalized spacial score (nSPS) is 26.8. The molecular weight excluding hydrogens is 388 g/mol. The summed E-state index contributed by atoms with van der Waals surface area (Å²) in [7, 11) is 0. The molecule has 11 heteroatoms. The lowest BCUT2D eigenvalue weighted by Gasteiger charge is -2.45. The van der Waals surface area contributed by atoms with Gasteiger partial charge in [0.1, 0.15) is 18.8 Å². The van der Waals surface area contributed by atoms with E-state index in [1.165, 1.54) is 0 Å². The number of hydrogen-bond acceptors (Lipinski definition) is 11. The maximum atomic E-state index is 11.7. The Morgan fingerprint density at radius 2 is 1.38 bits per heavy atom. The van der Waals surface area contributed by atoms with Crippen LogP contribution >= 0.6 is 0 Å². The largest absolute Gasteiger partial charge is 0.463 e. The molecule has 29 heavy (non-hydrogen) atoms. The van der Waals surface area contributed by atoms with E-state index in [-0.39, 0.29) is 13.0 Å². The Labute approximate surface area is 167 Å². The highest BCUT2D eigenvalue weighted by Gasteiger charge is 2.54. The van der Waals surface area contributed by atoms with Crippen LogP contribution in [0.2, 0.25) is 0 Å². The lowest BCUT2D eigenvalue weighted by atomic mass is 9.86. The van der Waals surface area contributed by atoms with E-state index < -0.39 is 60.3 Å². The van der Waals surface area contributed by atoms with Crippen LogP contribution in [0.25, 0.3) is 0 Å². The van der Waals surface area contributed by atoms with Crippen molar-refractivity contribution in [2.45, 2.75) is 64.6 Å². The molecule has 0 aromatic heterocycles. The predicted octanol–water partition coefficient (Wildman–Crippen LogP) is 0.165. The van der Waals surface area contributed by atoms with Crippen LogP contribution in [0, 0.1) is 28.6 Å². The van der Waals surface area contributed by atoms with Gasteiger partial charge in [0, 0.05) is 27.7 Å². The van der Waals surface area contributed by atoms with Crippen LogP contribution in [-0.2, 0) is 42.9 Å². The number of esters is 4. The van der Waals surface area contributed by atoms with Crippen molar-refractivity contribution in [2.75, 3.05) is 6.61 Å². The first-order valence-corrected chi connectivity index (χ1v) is 8.67. The highest BCUT2D eigenvalue weighted by molar-refractivity contribution is 5.68. The maximum Gasteiger partial charge on any atom is 0.303 e. The average Bonchev–Trinajstić information content (AvgIpc) is 2.60. The van der Waals surface area contributed by atoms with Crippen molar-refractivity contribution in [3.8, 4) is 12.1 Å². The van der Waals surface area contributed by atoms with Crippen LogP contribution in [0.5, 0.6) is 0 Å². The van der Waals surface area contributed by atoms with Gasteiger partial charge in [-0.1, -0.05) is 0 Å². The van der Waals surface area contributed by atoms with Gasteiger partial charge in [-0.2, -0.15) is 10.5 Å². The molecule has 6 atom stereocenters. The highest BCUT2D eigenvalue weighted by atomic mass is 16.7. The van der Waals surface area contributed by atoms with E-state index in [0.29, 0.717) is 0 Å². The fourth-order valence-corrected chi connectivity index (χ4v) is 2.92. The average molecular weight is 410 g/mol. The fourth-order valence-electron chi connectivity index (χ4n) is 2.92. The molecule has 0 radical (unpaired) electrons. The van der Waals surface area contributed by atoms with Crippen LogP contribution in [0.15, 0.2) is 0 Å². The predicted molar refractivity (Wildman–Crippen MR) is 91.3 cm³/mol. The molecular formula is C18H22N2O9. The van der Waals surface area contributed by atoms with Crippen molar-refractivity contribution in [3.63, 3.8) is 0 Å². The van der Waals surface area contributed by atoms with Crippen LogP contribution in [0.1, 0.15) is 34.1 Å². The molecule has 0 aromatic rings. The van der Waals surface area contributed by atoms with E-state index in [2.05, 4.69) is 0 Å². The molecule has 1 aliphatic rings. The summed E-state index contributed by atoms with van der Waals surface area (Å²) in [4.78, 5) is 46.1. The minimum atomic E-state index is -1.35. The molecule has 158 valence electrons. The monoisotopic (exact) mass is 410 g/mol. The van der Waals surface area contributed by atoms with Crippen LogP contribution in [-0.4, -0.2) is 61.0 Å². The minimum Gasteiger partial charge on any atom is -0.463 e. The van der Waals surface area contributed by atoms with E-state index in [4.69, 9.17) is 28.9 Å². The van der Waals surface area contributed by atoms with E-state index in [1.807, 2.05) is 12.1 Å². The number of nitrogens with zero attached hydrogens (tertiary/aromatic N) is 2. The van der Waals surface area contributed by atoms with Gasteiger partial charge in [0.15, 0.2) is 18.3 Å². The van der Waals surface area contributed by atoms with Crippen LogP contribution < -0.4 is 0 Å². The Balaban J connectivity index is 3.43. The van der Waals surface area contributed by atoms with E-state index in [0.717, 1.165) is 27.7 Å². The summed E-state index contributed by atoms with van der Waals surface area (Å²) in [6.07, 6.45) is -6.61. The molecule has 1 unspecified atom stereocenters. The molecule has 1 fully saturated rings. The third kappa shape index (κ3) is 7.05. The molecule has 0 aliphatic carbocycles. The van der Waals surface area contributed by atoms with Crippen molar-refractivity contribution >= 4 is 23.9 Å². The van der Waals surface area contributed by atoms with Gasteiger partial charge in [0.2, 0.25) is 0 Å². The molecule has 11 nitrogen and oxygen atoms in total. The van der Waals surface area contributed by atoms with Crippen molar-refractivity contribution in [1.29, 1.82) is 10.5 Å². The number of carbonyl (C=O) groups excluding carboxylic acids is 4. The zero-order chi connectivity index (χ0) is 22.1. The van der Waals surface area contributed by atoms with Crippen molar-refractivity contribution in [3.05, 3.63) is 0 Å². The third-order valence-electron chi connectivity index (χ3n) is 3.90. The lowest BCUT2D eigenvalue weighted by molar-refractivity contribution is -0.257. The number of nitriles is 2. The topological polar surface area (TPSA) is 162 Å². The highest BCUT2D eigenvalue weighted by Crippen LogP contribution is 2.33. The second kappa shape index (κ2) is 11.0. The zero-order valence-electron chi connectivity index (χ0n) is 16.4. The van der Waals surface area contributed by atoms with E-state index in [1.54, 1.807) is 0 Å². The van der Waals surface area contributed by atoms with Gasteiger partial charge in [0.05, 0.1) is 24.5 Å². The van der Waals surface area contributed by atoms with Crippen LogP contribution in [0.3, 0.4) is 0 Å². The first kappa shape index (κ1) is 23.9. The van der Waals surface area contributed by atoms with Gasteiger partial charge in [-0.25, -0.2) is 0 Å². The van der Waals surface area contributed by atoms with Crippen molar-refractivity contribution < 1.29 is 42.9 Å². The smallest absolute Gasteiger partial charge is 0.303 e. The summed E-state index contributed by atoms with van der Waals surface area (Å²) in [6, 6.07) is 3.73. The Bertz CT molecular complexity index is 724. The summed E-state index contributed by atoms with van der Waals surface area (Å²) < 4.78 is 26.4. The lowest BCUT2D eigenvalue weighted by Crippen LogP contribution is -2.63. The molecule has 0 N–H and O–H groups in total. The summed E-state index contributed by atoms with van der Waals surface area (Å²) >= 11 is 0. The molecule has 0 aromatic carbocycles. The first-order valence-electron chi connectivity index (χ1n) is 8.67. The van der Waals surface area contributed by atoms with Gasteiger partial charge >= 0.3 is 23.9 Å². The number of hydrogen-bond donors (Lipinski definition) is 0. The zero-order valence-corrected chi connectivity index (χ0v) is 16.4. The molecule has 0 saturated carbocycles. The fraction of sp³-hybridized carbons (Fsp3) is 0.667. The van der Waals surface area contributed by atoms with E-state index >= 15 is 0 Å². The minimum absolute atomic E-state index is 0.274. The molecule has 1 aliphatic heterocycles. The summed E-state index contributed by atoms with van der Waals surface area (Å²) in [6.45, 7) is 4.06. The Morgan fingerprint density at radius 3 is 1.83 bits per heavy atom. The van der Waals surface area contributed by atoms with Crippen molar-refractivity contribution in [2.24, 2.45) is 5.92 Å². The molecule has 1 heterocycles. The maximum absolute atomic E-state index is 11.7. The standard InChI is InChI=1S/C18H22N2O9/c1-9(21)25-8-14-16(26-10(2)22)18(28-12(4)24)17(27-11(3)23)15(29-14)13(7-20)5-6-19/h13-18H,5,8H2,1-4H3/t13?,14-,15+,16-,17+,18+/m1/s1. The molecule has 0 amide bonds. The number of ether oxygens (including phenoxy) is 5. The van der Waals surface area contributed by atoms with Gasteiger partial charge in [0.25, 0.3) is 0 Å². The van der Waals surface area contributed by atoms with Gasteiger partial charge in [-0.05, 0) is 0 Å². The Kier molecular flexibility index (Phi) is 9.03. The molecule has 1 saturated heterocycles. The van der Waals surface area contributed by atoms with Gasteiger partial charge in [-0.3, -0.25) is 19.2 Å². The first-order chi connectivity index (χ1) is 13.6. The molecule has 0 spiro atoms. The number of rotatable bonds is 7.